The Balaban J connectivity index is 1.59. The Morgan fingerprint density at radius 1 is 1.38 bits per heavy atom. The number of nitrogens with two attached hydrogens (primary N) is 2. The lowest BCUT2D eigenvalue weighted by Crippen LogP contribution is -2.50. The third-order valence-electron chi connectivity index (χ3n) is 6.01. The van der Waals surface area contributed by atoms with Gasteiger partial charge in [-0.25, -0.2) is 0 Å². The highest BCUT2D eigenvalue weighted by Gasteiger charge is 2.44. The topological polar surface area (TPSA) is 112 Å². The second-order valence-corrected chi connectivity index (χ2v) is 9.20. The number of ether oxygens (including phenoxy) is 1. The molecule has 2 aliphatic heterocycles. The lowest BCUT2D eigenvalue weighted by atomic mass is 9.75. The summed E-state index contributed by atoms with van der Waals surface area (Å²) in [4.78, 5) is 25.0. The summed E-state index contributed by atoms with van der Waals surface area (Å²) in [5.41, 5.74) is 13.0. The van der Waals surface area contributed by atoms with E-state index in [-0.39, 0.29) is 22.8 Å². The van der Waals surface area contributed by atoms with Crippen LogP contribution in [0.1, 0.15) is 18.5 Å². The van der Waals surface area contributed by atoms with Gasteiger partial charge >= 0.3 is 0 Å². The Morgan fingerprint density at radius 3 is 2.76 bits per heavy atom. The Labute approximate surface area is 178 Å². The SMILES string of the molecule is Cc1nccc(Sc2c(N)nc(N3CCC4(CC3)COC[C@H]4N)n(C)c2=O)c1Cl. The molecule has 8 nitrogen and oxygen atoms in total. The molecule has 4 heterocycles. The van der Waals surface area contributed by atoms with E-state index in [1.54, 1.807) is 23.9 Å². The molecule has 0 amide bonds. The highest BCUT2D eigenvalue weighted by molar-refractivity contribution is 7.99. The molecule has 2 aromatic rings. The van der Waals surface area contributed by atoms with Crippen LogP contribution in [0, 0.1) is 12.3 Å². The van der Waals surface area contributed by atoms with Crippen LogP contribution in [0.3, 0.4) is 0 Å². The first-order valence-electron chi connectivity index (χ1n) is 9.56. The van der Waals surface area contributed by atoms with Crippen molar-refractivity contribution in [2.75, 3.05) is 36.9 Å². The summed E-state index contributed by atoms with van der Waals surface area (Å²) in [6, 6.07) is 1.84. The van der Waals surface area contributed by atoms with Gasteiger partial charge in [0.25, 0.3) is 5.56 Å². The number of nitrogens with zero attached hydrogens (tertiary/aromatic N) is 4. The predicted octanol–water partition coefficient (Wildman–Crippen LogP) is 1.81. The number of halogens is 1. The molecule has 2 fully saturated rings. The largest absolute Gasteiger partial charge is 0.382 e. The van der Waals surface area contributed by atoms with Crippen molar-refractivity contribution in [3.05, 3.63) is 33.3 Å². The maximum absolute atomic E-state index is 13.1. The molecule has 10 heteroatoms. The zero-order chi connectivity index (χ0) is 20.8. The lowest BCUT2D eigenvalue weighted by Gasteiger charge is -2.41. The second-order valence-electron chi connectivity index (χ2n) is 7.77. The van der Waals surface area contributed by atoms with Gasteiger partial charge in [0.1, 0.15) is 10.7 Å². The third-order valence-corrected chi connectivity index (χ3v) is 7.74. The van der Waals surface area contributed by atoms with Crippen molar-refractivity contribution in [1.29, 1.82) is 0 Å². The summed E-state index contributed by atoms with van der Waals surface area (Å²) < 4.78 is 7.15. The van der Waals surface area contributed by atoms with Gasteiger partial charge in [-0.1, -0.05) is 23.4 Å². The Bertz CT molecular complexity index is 989. The number of hydrogen-bond acceptors (Lipinski definition) is 8. The van der Waals surface area contributed by atoms with E-state index < -0.39 is 0 Å². The molecule has 0 unspecified atom stereocenters. The molecule has 0 aliphatic carbocycles. The second kappa shape index (κ2) is 7.79. The van der Waals surface area contributed by atoms with E-state index in [4.69, 9.17) is 27.8 Å². The standard InChI is InChI=1S/C19H25ClN6O2S/c1-11-14(20)12(3-6-23-11)29-15-16(22)24-18(25(2)17(15)27)26-7-4-19(5-8-26)10-28-9-13(19)21/h3,6,13H,4-5,7-10,21-22H2,1-2H3/t13-/m1/s1. The van der Waals surface area contributed by atoms with Gasteiger partial charge in [0.05, 0.1) is 23.9 Å². The van der Waals surface area contributed by atoms with Crippen molar-refractivity contribution in [2.45, 2.75) is 35.6 Å². The number of pyridine rings is 1. The van der Waals surface area contributed by atoms with Crippen LogP contribution < -0.4 is 21.9 Å². The normalized spacial score (nSPS) is 21.1. The maximum Gasteiger partial charge on any atom is 0.270 e. The van der Waals surface area contributed by atoms with Crippen LogP contribution in [0.15, 0.2) is 26.8 Å². The first-order chi connectivity index (χ1) is 13.8. The van der Waals surface area contributed by atoms with Crippen LogP contribution in [0.25, 0.3) is 0 Å². The fourth-order valence-electron chi connectivity index (χ4n) is 4.02. The van der Waals surface area contributed by atoms with Crippen LogP contribution in [-0.4, -0.2) is 46.9 Å². The summed E-state index contributed by atoms with van der Waals surface area (Å²) in [6.07, 6.45) is 3.48. The fraction of sp³-hybridized carbons (Fsp3) is 0.526. The zero-order valence-electron chi connectivity index (χ0n) is 16.5. The molecular weight excluding hydrogens is 412 g/mol. The average molecular weight is 437 g/mol. The van der Waals surface area contributed by atoms with Crippen LogP contribution in [0.2, 0.25) is 5.02 Å². The van der Waals surface area contributed by atoms with E-state index >= 15 is 0 Å². The maximum atomic E-state index is 13.1. The molecule has 1 spiro atoms. The molecule has 0 aromatic carbocycles. The van der Waals surface area contributed by atoms with Gasteiger partial charge < -0.3 is 21.1 Å². The molecule has 4 N–H and O–H groups in total. The zero-order valence-corrected chi connectivity index (χ0v) is 18.1. The quantitative estimate of drug-likeness (QED) is 0.749. The van der Waals surface area contributed by atoms with E-state index in [0.29, 0.717) is 34.8 Å². The van der Waals surface area contributed by atoms with E-state index in [2.05, 4.69) is 14.9 Å². The molecule has 156 valence electrons. The first-order valence-corrected chi connectivity index (χ1v) is 10.8. The average Bonchev–Trinajstić information content (AvgIpc) is 3.05. The summed E-state index contributed by atoms with van der Waals surface area (Å²) in [5, 5.41) is 0.513. The summed E-state index contributed by atoms with van der Waals surface area (Å²) in [6.45, 7) is 4.67. The number of rotatable bonds is 3. The molecule has 29 heavy (non-hydrogen) atoms. The van der Waals surface area contributed by atoms with Crippen molar-refractivity contribution >= 4 is 35.1 Å². The molecule has 2 saturated heterocycles. The minimum atomic E-state index is -0.191. The predicted molar refractivity (Wildman–Crippen MR) is 115 cm³/mol. The van der Waals surface area contributed by atoms with E-state index in [9.17, 15) is 4.79 Å². The van der Waals surface area contributed by atoms with E-state index in [1.165, 1.54) is 11.8 Å². The monoisotopic (exact) mass is 436 g/mol. The van der Waals surface area contributed by atoms with E-state index in [1.807, 2.05) is 6.92 Å². The summed E-state index contributed by atoms with van der Waals surface area (Å²) >= 11 is 7.55. The lowest BCUT2D eigenvalue weighted by molar-refractivity contribution is 0.131. The van der Waals surface area contributed by atoms with Crippen LogP contribution in [-0.2, 0) is 11.8 Å². The third kappa shape index (κ3) is 3.61. The van der Waals surface area contributed by atoms with Gasteiger partial charge in [0, 0.05) is 42.7 Å². The van der Waals surface area contributed by atoms with Crippen molar-refractivity contribution in [3.8, 4) is 0 Å². The van der Waals surface area contributed by atoms with Crippen molar-refractivity contribution < 1.29 is 4.74 Å². The van der Waals surface area contributed by atoms with Gasteiger partial charge in [-0.15, -0.1) is 0 Å². The number of hydrogen-bond donors (Lipinski definition) is 2. The molecular formula is C19H25ClN6O2S. The minimum absolute atomic E-state index is 0.0344. The number of piperidine rings is 1. The van der Waals surface area contributed by atoms with E-state index in [0.717, 1.165) is 30.8 Å². The smallest absolute Gasteiger partial charge is 0.270 e. The number of aromatic nitrogens is 3. The van der Waals surface area contributed by atoms with Crippen molar-refractivity contribution in [3.63, 3.8) is 0 Å². The van der Waals surface area contributed by atoms with Crippen LogP contribution in [0.4, 0.5) is 11.8 Å². The molecule has 2 aliphatic rings. The number of nitrogen functional groups attached to an aromatic ring is 1. The molecule has 4 rings (SSSR count). The minimum Gasteiger partial charge on any atom is -0.382 e. The Morgan fingerprint density at radius 2 is 2.10 bits per heavy atom. The number of aryl methyl sites for hydroxylation is 1. The van der Waals surface area contributed by atoms with Crippen LogP contribution in [0.5, 0.6) is 0 Å². The first kappa shape index (κ1) is 20.5. The summed E-state index contributed by atoms with van der Waals surface area (Å²) in [5.74, 6) is 0.788. The van der Waals surface area contributed by atoms with Gasteiger partial charge in [-0.2, -0.15) is 4.98 Å². The van der Waals surface area contributed by atoms with Gasteiger partial charge in [0.15, 0.2) is 0 Å². The number of anilines is 2. The molecule has 0 bridgehead atoms. The highest BCUT2D eigenvalue weighted by Crippen LogP contribution is 2.40. The van der Waals surface area contributed by atoms with Gasteiger partial charge in [-0.05, 0) is 25.8 Å². The Kier molecular flexibility index (Phi) is 5.50. The molecule has 0 saturated carbocycles. The van der Waals surface area contributed by atoms with Gasteiger partial charge in [0.2, 0.25) is 5.95 Å². The Hall–Kier alpha value is -1.81. The van der Waals surface area contributed by atoms with Gasteiger partial charge in [-0.3, -0.25) is 14.3 Å². The molecule has 2 aromatic heterocycles. The summed E-state index contributed by atoms with van der Waals surface area (Å²) in [7, 11) is 1.72. The molecule has 0 radical (unpaired) electrons. The van der Waals surface area contributed by atoms with Crippen LogP contribution >= 0.6 is 23.4 Å². The fourth-order valence-corrected chi connectivity index (χ4v) is 5.21. The molecule has 1 atom stereocenters. The van der Waals surface area contributed by atoms with Crippen molar-refractivity contribution in [2.24, 2.45) is 18.2 Å². The highest BCUT2D eigenvalue weighted by atomic mass is 35.5. The van der Waals surface area contributed by atoms with Crippen molar-refractivity contribution in [1.82, 2.24) is 14.5 Å².